The van der Waals surface area contributed by atoms with Crippen LogP contribution < -0.4 is 0 Å². The van der Waals surface area contributed by atoms with E-state index in [1.54, 1.807) is 20.8 Å². The molecule has 0 amide bonds. The van der Waals surface area contributed by atoms with Crippen LogP contribution in [-0.4, -0.2) is 36.3 Å². The van der Waals surface area contributed by atoms with Gasteiger partial charge in [-0.25, -0.2) is 8.42 Å². The summed E-state index contributed by atoms with van der Waals surface area (Å²) < 4.78 is 23.9. The second-order valence-corrected chi connectivity index (χ2v) is 5.87. The first kappa shape index (κ1) is 9.67. The van der Waals surface area contributed by atoms with Crippen LogP contribution >= 0.6 is 0 Å². The highest BCUT2D eigenvalue weighted by Crippen LogP contribution is 2.22. The Morgan fingerprint density at radius 1 is 1.33 bits per heavy atom. The average molecular weight is 191 g/mol. The molecular weight excluding hydrogens is 178 g/mol. The van der Waals surface area contributed by atoms with Gasteiger partial charge in [-0.15, -0.1) is 0 Å². The molecule has 0 bridgehead atoms. The van der Waals surface area contributed by atoms with Gasteiger partial charge in [-0.05, 0) is 20.8 Å². The largest absolute Gasteiger partial charge is 0.297 e. The van der Waals surface area contributed by atoms with Gasteiger partial charge in [0.25, 0.3) is 0 Å². The SMILES string of the molecule is CC(C)(C)N1CC(=O)CS1(=O)=O. The molecule has 0 aromatic heterocycles. The van der Waals surface area contributed by atoms with E-state index in [0.29, 0.717) is 0 Å². The smallest absolute Gasteiger partial charge is 0.222 e. The van der Waals surface area contributed by atoms with Gasteiger partial charge in [0.05, 0.1) is 6.54 Å². The van der Waals surface area contributed by atoms with E-state index in [0.717, 1.165) is 0 Å². The van der Waals surface area contributed by atoms with Gasteiger partial charge in [-0.3, -0.25) is 4.79 Å². The fraction of sp³-hybridized carbons (Fsp3) is 0.857. The van der Waals surface area contributed by atoms with Crippen molar-refractivity contribution in [1.82, 2.24) is 4.31 Å². The van der Waals surface area contributed by atoms with Gasteiger partial charge >= 0.3 is 0 Å². The van der Waals surface area contributed by atoms with Crippen molar-refractivity contribution < 1.29 is 13.2 Å². The Morgan fingerprint density at radius 3 is 2.00 bits per heavy atom. The van der Waals surface area contributed by atoms with Crippen molar-refractivity contribution in [2.24, 2.45) is 0 Å². The van der Waals surface area contributed by atoms with Crippen LogP contribution in [-0.2, 0) is 14.8 Å². The molecule has 1 saturated heterocycles. The van der Waals surface area contributed by atoms with E-state index in [9.17, 15) is 13.2 Å². The van der Waals surface area contributed by atoms with Gasteiger partial charge in [-0.2, -0.15) is 4.31 Å². The molecule has 0 unspecified atom stereocenters. The van der Waals surface area contributed by atoms with Crippen molar-refractivity contribution in [3.8, 4) is 0 Å². The first-order valence-electron chi connectivity index (χ1n) is 3.76. The van der Waals surface area contributed by atoms with Crippen LogP contribution in [0.25, 0.3) is 0 Å². The molecule has 0 aromatic carbocycles. The zero-order chi connectivity index (χ0) is 9.57. The van der Waals surface area contributed by atoms with Crippen molar-refractivity contribution >= 4 is 15.8 Å². The lowest BCUT2D eigenvalue weighted by Gasteiger charge is -2.28. The molecule has 1 fully saturated rings. The minimum Gasteiger partial charge on any atom is -0.297 e. The minimum absolute atomic E-state index is 0.0336. The van der Waals surface area contributed by atoms with Gasteiger partial charge < -0.3 is 0 Å². The number of Topliss-reactive ketones (excluding diaryl/α,β-unsaturated/α-hetero) is 1. The van der Waals surface area contributed by atoms with Crippen molar-refractivity contribution in [2.75, 3.05) is 12.3 Å². The predicted octanol–water partition coefficient (Wildman–Crippen LogP) is -0.000600. The highest BCUT2D eigenvalue weighted by atomic mass is 32.2. The summed E-state index contributed by atoms with van der Waals surface area (Å²) in [6.07, 6.45) is 0. The molecule has 1 aliphatic rings. The van der Waals surface area contributed by atoms with Crippen molar-refractivity contribution in [1.29, 1.82) is 0 Å². The van der Waals surface area contributed by atoms with Gasteiger partial charge in [0, 0.05) is 5.54 Å². The van der Waals surface area contributed by atoms with Crippen LogP contribution in [0.5, 0.6) is 0 Å². The standard InChI is InChI=1S/C7H13NO3S/c1-7(2,3)8-4-6(9)5-12(8,10)11/h4-5H2,1-3H3. The normalized spacial score (nSPS) is 24.8. The van der Waals surface area contributed by atoms with Crippen molar-refractivity contribution in [3.63, 3.8) is 0 Å². The average Bonchev–Trinajstić information content (AvgIpc) is 2.02. The molecule has 1 aliphatic heterocycles. The zero-order valence-corrected chi connectivity index (χ0v) is 8.31. The summed E-state index contributed by atoms with van der Waals surface area (Å²) in [5.41, 5.74) is -0.481. The Morgan fingerprint density at radius 2 is 1.83 bits per heavy atom. The Bertz CT molecular complexity index is 299. The third kappa shape index (κ3) is 1.67. The van der Waals surface area contributed by atoms with Crippen LogP contribution in [0.4, 0.5) is 0 Å². The van der Waals surface area contributed by atoms with Gasteiger partial charge in [0.15, 0.2) is 5.78 Å². The topological polar surface area (TPSA) is 54.5 Å². The molecule has 0 radical (unpaired) electrons. The fourth-order valence-corrected chi connectivity index (χ4v) is 3.07. The molecule has 70 valence electrons. The number of hydrogen-bond donors (Lipinski definition) is 0. The Balaban J connectivity index is 3.02. The number of nitrogens with zero attached hydrogens (tertiary/aromatic N) is 1. The van der Waals surface area contributed by atoms with E-state index in [-0.39, 0.29) is 18.1 Å². The van der Waals surface area contributed by atoms with E-state index in [1.807, 2.05) is 0 Å². The lowest BCUT2D eigenvalue weighted by molar-refractivity contribution is -0.116. The molecule has 0 aromatic rings. The van der Waals surface area contributed by atoms with Crippen LogP contribution in [0, 0.1) is 0 Å². The summed E-state index contributed by atoms with van der Waals surface area (Å²) in [4.78, 5) is 10.9. The fourth-order valence-electron chi connectivity index (χ4n) is 1.24. The summed E-state index contributed by atoms with van der Waals surface area (Å²) in [5, 5.41) is 0. The van der Waals surface area contributed by atoms with Gasteiger partial charge in [-0.1, -0.05) is 0 Å². The third-order valence-corrected chi connectivity index (χ3v) is 3.78. The maximum absolute atomic E-state index is 11.3. The second kappa shape index (κ2) is 2.53. The molecule has 1 rings (SSSR count). The summed E-state index contributed by atoms with van der Waals surface area (Å²) in [7, 11) is -3.31. The number of hydrogen-bond acceptors (Lipinski definition) is 3. The molecule has 12 heavy (non-hydrogen) atoms. The first-order valence-corrected chi connectivity index (χ1v) is 5.36. The molecule has 1 heterocycles. The van der Waals surface area contributed by atoms with Gasteiger partial charge in [0.2, 0.25) is 10.0 Å². The third-order valence-electron chi connectivity index (χ3n) is 1.75. The number of sulfonamides is 1. The maximum Gasteiger partial charge on any atom is 0.222 e. The monoisotopic (exact) mass is 191 g/mol. The van der Waals surface area contributed by atoms with Gasteiger partial charge in [0.1, 0.15) is 5.75 Å². The Hall–Kier alpha value is -0.420. The summed E-state index contributed by atoms with van der Waals surface area (Å²) in [5.74, 6) is -0.547. The molecule has 0 aliphatic carbocycles. The number of carbonyl (C=O) groups is 1. The van der Waals surface area contributed by atoms with E-state index in [2.05, 4.69) is 0 Å². The number of carbonyl (C=O) groups excluding carboxylic acids is 1. The first-order chi connectivity index (χ1) is 5.23. The van der Waals surface area contributed by atoms with E-state index >= 15 is 0 Å². The summed E-state index contributed by atoms with van der Waals surface area (Å²) in [6.45, 7) is 5.38. The molecule has 5 heteroatoms. The Kier molecular flexibility index (Phi) is 2.04. The molecule has 0 atom stereocenters. The van der Waals surface area contributed by atoms with Crippen LogP contribution in [0.3, 0.4) is 0 Å². The lowest BCUT2D eigenvalue weighted by Crippen LogP contribution is -2.42. The molecule has 0 N–H and O–H groups in total. The highest BCUT2D eigenvalue weighted by molar-refractivity contribution is 7.90. The van der Waals surface area contributed by atoms with E-state index in [4.69, 9.17) is 0 Å². The second-order valence-electron chi connectivity index (χ2n) is 3.97. The quantitative estimate of drug-likeness (QED) is 0.541. The predicted molar refractivity (Wildman–Crippen MR) is 45.3 cm³/mol. The summed E-state index contributed by atoms with van der Waals surface area (Å²) >= 11 is 0. The van der Waals surface area contributed by atoms with E-state index in [1.165, 1.54) is 4.31 Å². The van der Waals surface area contributed by atoms with E-state index < -0.39 is 15.6 Å². The molecule has 0 saturated carbocycles. The van der Waals surface area contributed by atoms with Crippen molar-refractivity contribution in [3.05, 3.63) is 0 Å². The molecular formula is C7H13NO3S. The minimum atomic E-state index is -3.31. The zero-order valence-electron chi connectivity index (χ0n) is 7.49. The van der Waals surface area contributed by atoms with Crippen LogP contribution in [0.2, 0.25) is 0 Å². The van der Waals surface area contributed by atoms with Crippen molar-refractivity contribution in [2.45, 2.75) is 26.3 Å². The van der Waals surface area contributed by atoms with Crippen LogP contribution in [0.1, 0.15) is 20.8 Å². The molecule has 0 spiro atoms. The maximum atomic E-state index is 11.3. The number of ketones is 1. The highest BCUT2D eigenvalue weighted by Gasteiger charge is 2.41. The summed E-state index contributed by atoms with van der Waals surface area (Å²) in [6, 6.07) is 0. The number of rotatable bonds is 0. The molecule has 4 nitrogen and oxygen atoms in total. The Labute approximate surface area is 72.6 Å². The lowest BCUT2D eigenvalue weighted by atomic mass is 10.1. The van der Waals surface area contributed by atoms with Crippen LogP contribution in [0.15, 0.2) is 0 Å².